The Morgan fingerprint density at radius 1 is 1.19 bits per heavy atom. The summed E-state index contributed by atoms with van der Waals surface area (Å²) in [5, 5.41) is 0. The molecule has 2 saturated heterocycles. The molecule has 2 fully saturated rings. The van der Waals surface area contributed by atoms with Crippen LogP contribution in [0.2, 0.25) is 0 Å². The number of carbonyl (C=O) groups excluding carboxylic acids is 1. The zero-order valence-corrected chi connectivity index (χ0v) is 15.0. The van der Waals surface area contributed by atoms with Crippen LogP contribution in [0.5, 0.6) is 0 Å². The van der Waals surface area contributed by atoms with Crippen molar-refractivity contribution in [2.75, 3.05) is 37.7 Å². The summed E-state index contributed by atoms with van der Waals surface area (Å²) in [6.07, 6.45) is 7.96. The van der Waals surface area contributed by atoms with E-state index in [4.69, 9.17) is 4.74 Å². The number of hydrogen-bond acceptors (Lipinski definition) is 7. The van der Waals surface area contributed by atoms with Crippen molar-refractivity contribution in [3.8, 4) is 0 Å². The lowest BCUT2D eigenvalue weighted by molar-refractivity contribution is 0.0116. The molecule has 4 rings (SSSR count). The van der Waals surface area contributed by atoms with E-state index < -0.39 is 0 Å². The fourth-order valence-electron chi connectivity index (χ4n) is 3.93. The molecule has 1 spiro atoms. The van der Waals surface area contributed by atoms with Gasteiger partial charge in [-0.1, -0.05) is 0 Å². The SMILES string of the molecule is CCOC(=O)c1cnc(N2CCC3(CN(Cc4ccncc4)C3)C2)nc1. The van der Waals surface area contributed by atoms with Crippen LogP contribution in [0.25, 0.3) is 0 Å². The van der Waals surface area contributed by atoms with E-state index >= 15 is 0 Å². The Kier molecular flexibility index (Phi) is 4.55. The van der Waals surface area contributed by atoms with Crippen molar-refractivity contribution < 1.29 is 9.53 Å². The standard InChI is InChI=1S/C19H23N5O2/c1-2-26-17(25)16-9-21-18(22-10-16)24-8-5-19(14-24)12-23(13-19)11-15-3-6-20-7-4-15/h3-4,6-7,9-10H,2,5,8,11-14H2,1H3. The quantitative estimate of drug-likeness (QED) is 0.759. The van der Waals surface area contributed by atoms with Crippen LogP contribution in [-0.2, 0) is 11.3 Å². The predicted octanol–water partition coefficient (Wildman–Crippen LogP) is 1.76. The summed E-state index contributed by atoms with van der Waals surface area (Å²) in [5.41, 5.74) is 2.05. The Bertz CT molecular complexity index is 759. The van der Waals surface area contributed by atoms with Crippen LogP contribution in [0.3, 0.4) is 0 Å². The molecule has 0 saturated carbocycles. The van der Waals surface area contributed by atoms with Crippen LogP contribution in [0.4, 0.5) is 5.95 Å². The summed E-state index contributed by atoms with van der Waals surface area (Å²) in [6.45, 7) is 7.26. The lowest BCUT2D eigenvalue weighted by Gasteiger charge is -2.48. The molecule has 2 aromatic rings. The second-order valence-corrected chi connectivity index (χ2v) is 7.16. The smallest absolute Gasteiger partial charge is 0.341 e. The number of ether oxygens (including phenoxy) is 1. The number of carbonyl (C=O) groups is 1. The van der Waals surface area contributed by atoms with E-state index in [1.165, 1.54) is 5.56 Å². The Morgan fingerprint density at radius 3 is 2.62 bits per heavy atom. The molecule has 2 aromatic heterocycles. The van der Waals surface area contributed by atoms with Gasteiger partial charge >= 0.3 is 5.97 Å². The van der Waals surface area contributed by atoms with Crippen molar-refractivity contribution in [1.82, 2.24) is 19.9 Å². The maximum atomic E-state index is 11.7. The highest BCUT2D eigenvalue weighted by molar-refractivity contribution is 5.88. The van der Waals surface area contributed by atoms with Crippen molar-refractivity contribution in [3.63, 3.8) is 0 Å². The topological polar surface area (TPSA) is 71.5 Å². The number of esters is 1. The lowest BCUT2D eigenvalue weighted by atomic mass is 9.79. The van der Waals surface area contributed by atoms with Gasteiger partial charge in [0.2, 0.25) is 5.95 Å². The van der Waals surface area contributed by atoms with Crippen molar-refractivity contribution in [1.29, 1.82) is 0 Å². The third-order valence-corrected chi connectivity index (χ3v) is 5.14. The molecule has 0 N–H and O–H groups in total. The predicted molar refractivity (Wildman–Crippen MR) is 96.8 cm³/mol. The van der Waals surface area contributed by atoms with Gasteiger partial charge in [-0.25, -0.2) is 14.8 Å². The summed E-state index contributed by atoms with van der Waals surface area (Å²) in [4.78, 5) is 29.2. The summed E-state index contributed by atoms with van der Waals surface area (Å²) in [5.74, 6) is 0.324. The molecule has 0 bridgehead atoms. The van der Waals surface area contributed by atoms with Crippen LogP contribution in [0.15, 0.2) is 36.9 Å². The van der Waals surface area contributed by atoms with Gasteiger partial charge in [-0.3, -0.25) is 9.88 Å². The molecule has 2 aliphatic rings. The normalized spacial score (nSPS) is 18.7. The van der Waals surface area contributed by atoms with Crippen molar-refractivity contribution in [2.24, 2.45) is 5.41 Å². The average molecular weight is 353 g/mol. The molecule has 4 heterocycles. The molecule has 7 nitrogen and oxygen atoms in total. The van der Waals surface area contributed by atoms with Gasteiger partial charge in [0.25, 0.3) is 0 Å². The van der Waals surface area contributed by atoms with E-state index in [-0.39, 0.29) is 5.97 Å². The van der Waals surface area contributed by atoms with Gasteiger partial charge in [0, 0.05) is 62.9 Å². The van der Waals surface area contributed by atoms with Gasteiger partial charge in [-0.2, -0.15) is 0 Å². The average Bonchev–Trinajstić information content (AvgIpc) is 3.08. The summed E-state index contributed by atoms with van der Waals surface area (Å²) in [6, 6.07) is 4.15. The Labute approximate surface area is 153 Å². The summed E-state index contributed by atoms with van der Waals surface area (Å²) >= 11 is 0. The first-order valence-electron chi connectivity index (χ1n) is 9.03. The fraction of sp³-hybridized carbons (Fsp3) is 0.474. The van der Waals surface area contributed by atoms with Gasteiger partial charge in [-0.15, -0.1) is 0 Å². The summed E-state index contributed by atoms with van der Waals surface area (Å²) < 4.78 is 4.97. The van der Waals surface area contributed by atoms with Crippen LogP contribution < -0.4 is 4.90 Å². The van der Waals surface area contributed by atoms with Crippen molar-refractivity contribution >= 4 is 11.9 Å². The molecular weight excluding hydrogens is 330 g/mol. The molecule has 26 heavy (non-hydrogen) atoms. The highest BCUT2D eigenvalue weighted by atomic mass is 16.5. The highest BCUT2D eigenvalue weighted by Crippen LogP contribution is 2.40. The van der Waals surface area contributed by atoms with Crippen LogP contribution >= 0.6 is 0 Å². The molecule has 0 atom stereocenters. The van der Waals surface area contributed by atoms with Crippen LogP contribution in [0.1, 0.15) is 29.3 Å². The molecule has 136 valence electrons. The number of nitrogens with zero attached hydrogens (tertiary/aromatic N) is 5. The molecule has 0 aliphatic carbocycles. The number of likely N-dealkylation sites (tertiary alicyclic amines) is 1. The second-order valence-electron chi connectivity index (χ2n) is 7.16. The maximum Gasteiger partial charge on any atom is 0.341 e. The van der Waals surface area contributed by atoms with Gasteiger partial charge in [0.15, 0.2) is 0 Å². The van der Waals surface area contributed by atoms with Crippen molar-refractivity contribution in [3.05, 3.63) is 48.0 Å². The minimum atomic E-state index is -0.373. The third-order valence-electron chi connectivity index (χ3n) is 5.14. The maximum absolute atomic E-state index is 11.7. The molecule has 0 radical (unpaired) electrons. The zero-order valence-electron chi connectivity index (χ0n) is 15.0. The minimum absolute atomic E-state index is 0.343. The molecule has 2 aliphatic heterocycles. The highest BCUT2D eigenvalue weighted by Gasteiger charge is 2.47. The van der Waals surface area contributed by atoms with E-state index in [2.05, 4.69) is 36.9 Å². The first-order valence-corrected chi connectivity index (χ1v) is 9.03. The molecule has 0 unspecified atom stereocenters. The Balaban J connectivity index is 1.32. The number of hydrogen-bond donors (Lipinski definition) is 0. The zero-order chi connectivity index (χ0) is 18.0. The van der Waals surface area contributed by atoms with Gasteiger partial charge in [-0.05, 0) is 31.0 Å². The number of rotatable bonds is 5. The van der Waals surface area contributed by atoms with E-state index in [9.17, 15) is 4.79 Å². The largest absolute Gasteiger partial charge is 0.462 e. The number of pyridine rings is 1. The van der Waals surface area contributed by atoms with E-state index in [0.29, 0.717) is 23.5 Å². The molecule has 0 aromatic carbocycles. The third kappa shape index (κ3) is 3.39. The van der Waals surface area contributed by atoms with Crippen LogP contribution in [0, 0.1) is 5.41 Å². The monoisotopic (exact) mass is 353 g/mol. The Morgan fingerprint density at radius 2 is 1.92 bits per heavy atom. The van der Waals surface area contributed by atoms with E-state index in [0.717, 1.165) is 39.1 Å². The van der Waals surface area contributed by atoms with Gasteiger partial charge in [0.05, 0.1) is 12.2 Å². The molecular formula is C19H23N5O2. The molecule has 0 amide bonds. The lowest BCUT2D eigenvalue weighted by Crippen LogP contribution is -2.56. The molecule has 7 heteroatoms. The number of aromatic nitrogens is 3. The Hall–Kier alpha value is -2.54. The fourth-order valence-corrected chi connectivity index (χ4v) is 3.93. The van der Waals surface area contributed by atoms with Crippen LogP contribution in [-0.4, -0.2) is 58.6 Å². The van der Waals surface area contributed by atoms with Gasteiger partial charge < -0.3 is 9.64 Å². The summed E-state index contributed by atoms with van der Waals surface area (Å²) in [7, 11) is 0. The first-order chi connectivity index (χ1) is 12.7. The number of anilines is 1. The first kappa shape index (κ1) is 16.9. The van der Waals surface area contributed by atoms with E-state index in [1.54, 1.807) is 19.3 Å². The van der Waals surface area contributed by atoms with Gasteiger partial charge in [0.1, 0.15) is 0 Å². The minimum Gasteiger partial charge on any atom is -0.462 e. The van der Waals surface area contributed by atoms with Crippen molar-refractivity contribution in [2.45, 2.75) is 19.9 Å². The second kappa shape index (κ2) is 6.99. The van der Waals surface area contributed by atoms with E-state index in [1.807, 2.05) is 12.4 Å².